The van der Waals surface area contributed by atoms with Crippen molar-refractivity contribution in [3.05, 3.63) is 148 Å². The van der Waals surface area contributed by atoms with Crippen molar-refractivity contribution in [2.75, 3.05) is 5.32 Å². The van der Waals surface area contributed by atoms with Crippen molar-refractivity contribution < 1.29 is 14.4 Å². The van der Waals surface area contributed by atoms with Gasteiger partial charge in [-0.05, 0) is 79.1 Å². The Morgan fingerprint density at radius 3 is 2.13 bits per heavy atom. The van der Waals surface area contributed by atoms with Gasteiger partial charge in [-0.15, -0.1) is 0 Å². The summed E-state index contributed by atoms with van der Waals surface area (Å²) in [4.78, 5) is 38.6. The fraction of sp³-hybridized carbons (Fsp3) is 0.0606. The van der Waals surface area contributed by atoms with Gasteiger partial charge in [-0.1, -0.05) is 78.4 Å². The van der Waals surface area contributed by atoms with Crippen molar-refractivity contribution in [1.82, 2.24) is 5.32 Å². The first kappa shape index (κ1) is 26.0. The third-order valence-corrected chi connectivity index (χ3v) is 5.91. The van der Waals surface area contributed by atoms with Crippen LogP contribution >= 0.6 is 0 Å². The van der Waals surface area contributed by atoms with Gasteiger partial charge in [-0.2, -0.15) is 0 Å². The quantitative estimate of drug-likeness (QED) is 0.211. The molecule has 0 unspecified atom stereocenters. The summed E-state index contributed by atoms with van der Waals surface area (Å²) in [5.41, 5.74) is 5.40. The van der Waals surface area contributed by atoms with Crippen LogP contribution in [0.5, 0.6) is 0 Å². The number of carbonyl (C=O) groups is 3. The van der Waals surface area contributed by atoms with Crippen molar-refractivity contribution in [3.8, 4) is 0 Å². The van der Waals surface area contributed by atoms with Gasteiger partial charge in [0.15, 0.2) is 5.78 Å². The Morgan fingerprint density at radius 1 is 0.711 bits per heavy atom. The molecule has 0 bridgehead atoms. The lowest BCUT2D eigenvalue weighted by Gasteiger charge is -2.12. The van der Waals surface area contributed by atoms with Gasteiger partial charge in [-0.25, -0.2) is 0 Å². The number of anilines is 1. The zero-order valence-electron chi connectivity index (χ0n) is 21.3. The van der Waals surface area contributed by atoms with Crippen LogP contribution in [0.2, 0.25) is 0 Å². The van der Waals surface area contributed by atoms with Crippen LogP contribution < -0.4 is 10.6 Å². The maximum Gasteiger partial charge on any atom is 0.272 e. The Morgan fingerprint density at radius 2 is 1.42 bits per heavy atom. The summed E-state index contributed by atoms with van der Waals surface area (Å²) in [6.07, 6.45) is 4.97. The molecule has 2 amide bonds. The third-order valence-electron chi connectivity index (χ3n) is 5.91. The standard InChI is InChI=1S/C33H28N2O3/c1-23-9-8-11-25(21-23)15-20-31(36)26-16-18-29(19-17-26)34-33(38)30(22-28-14-7-6-10-24(28)2)35-32(37)27-12-4-3-5-13-27/h3-22H,1-2H3,(H,34,38)(H,35,37)/b20-15+,30-22-. The first-order chi connectivity index (χ1) is 18.4. The number of nitrogens with one attached hydrogen (secondary N) is 2. The minimum atomic E-state index is -0.476. The maximum absolute atomic E-state index is 13.2. The van der Waals surface area contributed by atoms with E-state index < -0.39 is 5.91 Å². The summed E-state index contributed by atoms with van der Waals surface area (Å²) < 4.78 is 0. The average Bonchev–Trinajstić information content (AvgIpc) is 2.93. The molecule has 4 aromatic carbocycles. The summed E-state index contributed by atoms with van der Waals surface area (Å²) in [7, 11) is 0. The molecule has 0 aliphatic heterocycles. The molecule has 0 radical (unpaired) electrons. The molecule has 5 nitrogen and oxygen atoms in total. The zero-order chi connectivity index (χ0) is 26.9. The van der Waals surface area contributed by atoms with E-state index in [2.05, 4.69) is 10.6 Å². The number of amides is 2. The summed E-state index contributed by atoms with van der Waals surface area (Å²) >= 11 is 0. The molecule has 0 saturated heterocycles. The van der Waals surface area contributed by atoms with Gasteiger partial charge in [-0.3, -0.25) is 14.4 Å². The predicted molar refractivity (Wildman–Crippen MR) is 153 cm³/mol. The monoisotopic (exact) mass is 500 g/mol. The third kappa shape index (κ3) is 7.02. The lowest BCUT2D eigenvalue weighted by atomic mass is 10.1. The minimum Gasteiger partial charge on any atom is -0.321 e. The van der Waals surface area contributed by atoms with E-state index in [1.807, 2.05) is 68.4 Å². The van der Waals surface area contributed by atoms with E-state index in [0.29, 0.717) is 16.8 Å². The smallest absolute Gasteiger partial charge is 0.272 e. The maximum atomic E-state index is 13.2. The van der Waals surface area contributed by atoms with Crippen LogP contribution in [0.3, 0.4) is 0 Å². The van der Waals surface area contributed by atoms with Gasteiger partial charge in [0.25, 0.3) is 11.8 Å². The number of ketones is 1. The molecule has 0 heterocycles. The fourth-order valence-electron chi connectivity index (χ4n) is 3.80. The number of hydrogen-bond acceptors (Lipinski definition) is 3. The molecule has 0 spiro atoms. The molecule has 0 fully saturated rings. The highest BCUT2D eigenvalue weighted by Crippen LogP contribution is 2.16. The summed E-state index contributed by atoms with van der Waals surface area (Å²) in [6, 6.07) is 30.8. The lowest BCUT2D eigenvalue weighted by molar-refractivity contribution is -0.113. The van der Waals surface area contributed by atoms with E-state index >= 15 is 0 Å². The lowest BCUT2D eigenvalue weighted by Crippen LogP contribution is -2.30. The fourth-order valence-corrected chi connectivity index (χ4v) is 3.80. The van der Waals surface area contributed by atoms with Gasteiger partial charge in [0.1, 0.15) is 5.70 Å². The van der Waals surface area contributed by atoms with Gasteiger partial charge >= 0.3 is 0 Å². The second-order valence-electron chi connectivity index (χ2n) is 8.88. The molecular weight excluding hydrogens is 472 g/mol. The Hall–Kier alpha value is -5.03. The SMILES string of the molecule is Cc1cccc(/C=C/C(=O)c2ccc(NC(=O)/C(=C/c3ccccc3C)NC(=O)c3ccccc3)cc2)c1. The van der Waals surface area contributed by atoms with Crippen molar-refractivity contribution in [3.63, 3.8) is 0 Å². The largest absolute Gasteiger partial charge is 0.321 e. The molecular formula is C33H28N2O3. The van der Waals surface area contributed by atoms with Crippen LogP contribution in [0.25, 0.3) is 12.2 Å². The molecule has 2 N–H and O–H groups in total. The Labute approximate surface area is 222 Å². The average molecular weight is 501 g/mol. The van der Waals surface area contributed by atoms with Crippen LogP contribution in [-0.4, -0.2) is 17.6 Å². The van der Waals surface area contributed by atoms with E-state index in [1.165, 1.54) is 6.08 Å². The van der Waals surface area contributed by atoms with E-state index in [4.69, 9.17) is 0 Å². The highest BCUT2D eigenvalue weighted by molar-refractivity contribution is 6.11. The minimum absolute atomic E-state index is 0.106. The highest BCUT2D eigenvalue weighted by Gasteiger charge is 2.15. The molecule has 0 atom stereocenters. The first-order valence-corrected chi connectivity index (χ1v) is 12.2. The molecule has 0 aliphatic carbocycles. The second-order valence-corrected chi connectivity index (χ2v) is 8.88. The Bertz CT molecular complexity index is 1520. The number of carbonyl (C=O) groups excluding carboxylic acids is 3. The normalized spacial score (nSPS) is 11.3. The van der Waals surface area contributed by atoms with E-state index in [9.17, 15) is 14.4 Å². The molecule has 0 saturated carbocycles. The molecule has 4 aromatic rings. The predicted octanol–water partition coefficient (Wildman–Crippen LogP) is 6.61. The Kier molecular flexibility index (Phi) is 8.42. The summed E-state index contributed by atoms with van der Waals surface area (Å²) in [5.74, 6) is -1.00. The van der Waals surface area contributed by atoms with Crippen molar-refractivity contribution in [2.24, 2.45) is 0 Å². The van der Waals surface area contributed by atoms with Crippen molar-refractivity contribution in [2.45, 2.75) is 13.8 Å². The van der Waals surface area contributed by atoms with Crippen LogP contribution in [-0.2, 0) is 4.79 Å². The van der Waals surface area contributed by atoms with Crippen molar-refractivity contribution >= 4 is 35.4 Å². The van der Waals surface area contributed by atoms with E-state index in [-0.39, 0.29) is 17.4 Å². The molecule has 0 aromatic heterocycles. The van der Waals surface area contributed by atoms with E-state index in [1.54, 1.807) is 60.7 Å². The van der Waals surface area contributed by atoms with Gasteiger partial charge in [0.05, 0.1) is 0 Å². The number of allylic oxidation sites excluding steroid dienone is 1. The van der Waals surface area contributed by atoms with E-state index in [0.717, 1.165) is 22.3 Å². The summed E-state index contributed by atoms with van der Waals surface area (Å²) in [5, 5.41) is 5.56. The van der Waals surface area contributed by atoms with Gasteiger partial charge < -0.3 is 10.6 Å². The van der Waals surface area contributed by atoms with Crippen LogP contribution in [0, 0.1) is 13.8 Å². The summed E-state index contributed by atoms with van der Waals surface area (Å²) in [6.45, 7) is 3.93. The highest BCUT2D eigenvalue weighted by atomic mass is 16.2. The number of rotatable bonds is 8. The number of benzene rings is 4. The molecule has 38 heavy (non-hydrogen) atoms. The molecule has 0 aliphatic rings. The molecule has 5 heteroatoms. The number of hydrogen-bond donors (Lipinski definition) is 2. The molecule has 188 valence electrons. The van der Waals surface area contributed by atoms with Gasteiger partial charge in [0.2, 0.25) is 0 Å². The Balaban J connectivity index is 1.50. The second kappa shape index (κ2) is 12.3. The first-order valence-electron chi connectivity index (χ1n) is 12.2. The van der Waals surface area contributed by atoms with Crippen LogP contribution in [0.15, 0.2) is 115 Å². The van der Waals surface area contributed by atoms with Crippen LogP contribution in [0.1, 0.15) is 43.0 Å². The van der Waals surface area contributed by atoms with Crippen LogP contribution in [0.4, 0.5) is 5.69 Å². The van der Waals surface area contributed by atoms with Crippen molar-refractivity contribution in [1.29, 1.82) is 0 Å². The zero-order valence-corrected chi connectivity index (χ0v) is 21.3. The topological polar surface area (TPSA) is 75.3 Å². The van der Waals surface area contributed by atoms with Gasteiger partial charge in [0, 0.05) is 16.8 Å². The molecule has 4 rings (SSSR count). The number of aryl methyl sites for hydroxylation is 2.